The zero-order valence-corrected chi connectivity index (χ0v) is 16.9. The van der Waals surface area contributed by atoms with Gasteiger partial charge in [-0.2, -0.15) is 40.2 Å². The Labute approximate surface area is 179 Å². The molecule has 0 bridgehead atoms. The van der Waals surface area contributed by atoms with Crippen molar-refractivity contribution in [1.82, 2.24) is 24.8 Å². The van der Waals surface area contributed by atoms with Gasteiger partial charge in [0, 0.05) is 12.3 Å². The standard InChI is InChI=1S/C16H11F8N5O3S/c1-2-33(30,31)13-11(12-25-6-5-9(15(19,20)21)29(12)28-13)8-3-4-10(27-26-8)32-7-14(17,18)16(22,23)24/h3-6H,2,7H2,1H3. The van der Waals surface area contributed by atoms with Crippen molar-refractivity contribution in [2.45, 2.75) is 30.2 Å². The number of fused-ring (bicyclic) bond motifs is 1. The Morgan fingerprint density at radius 3 is 2.18 bits per heavy atom. The van der Waals surface area contributed by atoms with Crippen molar-refractivity contribution in [2.24, 2.45) is 0 Å². The lowest BCUT2D eigenvalue weighted by Gasteiger charge is -2.19. The van der Waals surface area contributed by atoms with Crippen LogP contribution in [0.2, 0.25) is 0 Å². The van der Waals surface area contributed by atoms with Crippen LogP contribution in [-0.4, -0.2) is 57.7 Å². The highest BCUT2D eigenvalue weighted by Gasteiger charge is 2.58. The highest BCUT2D eigenvalue weighted by atomic mass is 32.2. The fourth-order valence-corrected chi connectivity index (χ4v) is 3.48. The van der Waals surface area contributed by atoms with Crippen LogP contribution in [0.5, 0.6) is 5.88 Å². The number of halogens is 8. The second kappa shape index (κ2) is 8.03. The highest BCUT2D eigenvalue weighted by Crippen LogP contribution is 2.37. The maximum absolute atomic E-state index is 13.3. The Morgan fingerprint density at radius 1 is 1.00 bits per heavy atom. The van der Waals surface area contributed by atoms with E-state index < -0.39 is 74.0 Å². The predicted molar refractivity (Wildman–Crippen MR) is 93.2 cm³/mol. The third-order valence-corrected chi connectivity index (χ3v) is 5.80. The highest BCUT2D eigenvalue weighted by molar-refractivity contribution is 7.91. The van der Waals surface area contributed by atoms with Crippen LogP contribution in [0.3, 0.4) is 0 Å². The Bertz CT molecular complexity index is 1270. The molecule has 0 aliphatic carbocycles. The molecule has 0 atom stereocenters. The summed E-state index contributed by atoms with van der Waals surface area (Å²) in [6, 6.07) is 2.26. The van der Waals surface area contributed by atoms with Gasteiger partial charge in [0.15, 0.2) is 27.1 Å². The number of hydrogen-bond acceptors (Lipinski definition) is 7. The van der Waals surface area contributed by atoms with E-state index in [9.17, 15) is 43.5 Å². The molecule has 0 N–H and O–H groups in total. The zero-order chi connectivity index (χ0) is 24.8. The first-order chi connectivity index (χ1) is 15.1. The monoisotopic (exact) mass is 505 g/mol. The van der Waals surface area contributed by atoms with E-state index in [2.05, 4.69) is 25.0 Å². The molecule has 0 spiro atoms. The fourth-order valence-electron chi connectivity index (χ4n) is 2.50. The molecule has 3 aromatic rings. The molecule has 8 nitrogen and oxygen atoms in total. The number of hydrogen-bond donors (Lipinski definition) is 0. The molecule has 3 aromatic heterocycles. The van der Waals surface area contributed by atoms with E-state index in [1.54, 1.807) is 0 Å². The minimum Gasteiger partial charge on any atom is -0.470 e. The molecule has 0 saturated carbocycles. The second-order valence-corrected chi connectivity index (χ2v) is 8.59. The van der Waals surface area contributed by atoms with Gasteiger partial charge >= 0.3 is 18.3 Å². The third-order valence-electron chi connectivity index (χ3n) is 4.16. The largest absolute Gasteiger partial charge is 0.470 e. The van der Waals surface area contributed by atoms with Crippen molar-refractivity contribution >= 4 is 15.5 Å². The summed E-state index contributed by atoms with van der Waals surface area (Å²) in [7, 11) is -4.22. The zero-order valence-electron chi connectivity index (χ0n) is 16.1. The van der Waals surface area contributed by atoms with Crippen molar-refractivity contribution in [1.29, 1.82) is 0 Å². The van der Waals surface area contributed by atoms with Crippen LogP contribution >= 0.6 is 0 Å². The first-order valence-corrected chi connectivity index (χ1v) is 10.3. The van der Waals surface area contributed by atoms with E-state index in [1.807, 2.05) is 0 Å². The smallest absolute Gasteiger partial charge is 0.456 e. The molecule has 3 rings (SSSR count). The van der Waals surface area contributed by atoms with Gasteiger partial charge in [0.2, 0.25) is 5.88 Å². The SMILES string of the molecule is CCS(=O)(=O)c1nn2c(C(F)(F)F)ccnc2c1-c1ccc(OCC(F)(F)C(F)(F)F)nn1. The van der Waals surface area contributed by atoms with Gasteiger partial charge in [-0.05, 0) is 12.1 Å². The molecule has 0 fully saturated rings. The summed E-state index contributed by atoms with van der Waals surface area (Å²) < 4.78 is 132. The first kappa shape index (κ1) is 24.5. The normalized spacial score (nSPS) is 13.5. The van der Waals surface area contributed by atoms with Crippen molar-refractivity contribution in [2.75, 3.05) is 12.4 Å². The molecule has 180 valence electrons. The predicted octanol–water partition coefficient (Wildman–Crippen LogP) is 3.58. The maximum Gasteiger partial charge on any atom is 0.456 e. The van der Waals surface area contributed by atoms with Gasteiger partial charge in [0.25, 0.3) is 0 Å². The van der Waals surface area contributed by atoms with Crippen molar-refractivity contribution in [3.63, 3.8) is 0 Å². The van der Waals surface area contributed by atoms with Crippen molar-refractivity contribution < 1.29 is 48.3 Å². The number of sulfone groups is 1. The summed E-state index contributed by atoms with van der Waals surface area (Å²) in [5.74, 6) is -6.51. The lowest BCUT2D eigenvalue weighted by molar-refractivity contribution is -0.290. The summed E-state index contributed by atoms with van der Waals surface area (Å²) >= 11 is 0. The van der Waals surface area contributed by atoms with Crippen LogP contribution in [0, 0.1) is 0 Å². The fraction of sp³-hybridized carbons (Fsp3) is 0.375. The van der Waals surface area contributed by atoms with Crippen LogP contribution < -0.4 is 4.74 Å². The second-order valence-electron chi connectivity index (χ2n) is 6.39. The summed E-state index contributed by atoms with van der Waals surface area (Å²) in [5.41, 5.74) is -2.75. The topological polar surface area (TPSA) is 99.3 Å². The first-order valence-electron chi connectivity index (χ1n) is 8.67. The van der Waals surface area contributed by atoms with E-state index >= 15 is 0 Å². The summed E-state index contributed by atoms with van der Waals surface area (Å²) in [6.07, 6.45) is -10.0. The molecule has 0 unspecified atom stereocenters. The molecule has 33 heavy (non-hydrogen) atoms. The van der Waals surface area contributed by atoms with Crippen LogP contribution in [0.25, 0.3) is 16.9 Å². The Kier molecular flexibility index (Phi) is 5.97. The lowest BCUT2D eigenvalue weighted by atomic mass is 10.2. The molecular formula is C16H11F8N5O3S. The van der Waals surface area contributed by atoms with Gasteiger partial charge in [-0.3, -0.25) is 0 Å². The number of alkyl halides is 8. The van der Waals surface area contributed by atoms with Gasteiger partial charge in [-0.15, -0.1) is 10.2 Å². The van der Waals surface area contributed by atoms with Gasteiger partial charge in [0.05, 0.1) is 11.3 Å². The number of nitrogens with zero attached hydrogens (tertiary/aromatic N) is 5. The molecule has 0 aromatic carbocycles. The molecular weight excluding hydrogens is 494 g/mol. The number of ether oxygens (including phenoxy) is 1. The molecule has 17 heteroatoms. The van der Waals surface area contributed by atoms with Crippen LogP contribution in [0.4, 0.5) is 35.1 Å². The van der Waals surface area contributed by atoms with E-state index in [0.717, 1.165) is 18.3 Å². The van der Waals surface area contributed by atoms with E-state index in [4.69, 9.17) is 0 Å². The average Bonchev–Trinajstić information content (AvgIpc) is 3.11. The Morgan fingerprint density at radius 2 is 1.67 bits per heavy atom. The number of rotatable bonds is 6. The molecule has 3 heterocycles. The van der Waals surface area contributed by atoms with Crippen LogP contribution in [0.15, 0.2) is 29.4 Å². The molecule has 0 amide bonds. The van der Waals surface area contributed by atoms with Gasteiger partial charge < -0.3 is 4.74 Å². The van der Waals surface area contributed by atoms with Gasteiger partial charge in [-0.1, -0.05) is 6.92 Å². The molecule has 0 aliphatic rings. The molecule has 0 saturated heterocycles. The Balaban J connectivity index is 2.09. The van der Waals surface area contributed by atoms with Crippen LogP contribution in [0.1, 0.15) is 12.6 Å². The maximum atomic E-state index is 13.3. The minimum atomic E-state index is -5.87. The van der Waals surface area contributed by atoms with Crippen LogP contribution in [-0.2, 0) is 16.0 Å². The summed E-state index contributed by atoms with van der Waals surface area (Å²) in [5, 5.41) is 9.52. The lowest BCUT2D eigenvalue weighted by Crippen LogP contribution is -2.41. The quantitative estimate of drug-likeness (QED) is 0.473. The van der Waals surface area contributed by atoms with Gasteiger partial charge in [0.1, 0.15) is 11.4 Å². The van der Waals surface area contributed by atoms with Gasteiger partial charge in [-0.25, -0.2) is 17.9 Å². The molecule has 0 radical (unpaired) electrons. The van der Waals surface area contributed by atoms with E-state index in [1.165, 1.54) is 6.92 Å². The summed E-state index contributed by atoms with van der Waals surface area (Å²) in [6.45, 7) is -0.891. The minimum absolute atomic E-state index is 0.258. The van der Waals surface area contributed by atoms with E-state index in [-0.39, 0.29) is 4.52 Å². The summed E-state index contributed by atoms with van der Waals surface area (Å²) in [4.78, 5) is 3.73. The third kappa shape index (κ3) is 4.67. The Hall–Kier alpha value is -3.11. The number of aromatic nitrogens is 5. The average molecular weight is 505 g/mol. The van der Waals surface area contributed by atoms with Crippen molar-refractivity contribution in [3.05, 3.63) is 30.1 Å². The van der Waals surface area contributed by atoms with Crippen molar-refractivity contribution in [3.8, 4) is 17.1 Å². The molecule has 0 aliphatic heterocycles. The van der Waals surface area contributed by atoms with E-state index in [0.29, 0.717) is 6.07 Å².